The van der Waals surface area contributed by atoms with Crippen molar-refractivity contribution in [2.45, 2.75) is 13.5 Å². The lowest BCUT2D eigenvalue weighted by Crippen LogP contribution is -1.99. The van der Waals surface area contributed by atoms with Gasteiger partial charge in [-0.2, -0.15) is 0 Å². The third-order valence-electron chi connectivity index (χ3n) is 1.81. The summed E-state index contributed by atoms with van der Waals surface area (Å²) in [6.45, 7) is 2.79. The van der Waals surface area contributed by atoms with E-state index in [0.717, 1.165) is 17.9 Å². The molecule has 0 spiro atoms. The molecule has 4 heteroatoms. The molecule has 13 heavy (non-hydrogen) atoms. The van der Waals surface area contributed by atoms with Gasteiger partial charge in [0.05, 0.1) is 0 Å². The van der Waals surface area contributed by atoms with Crippen LogP contribution in [0.5, 0.6) is 0 Å². The standard InChI is InChI=1S/C9H9N4/c1-2-13-9(10-11-12-13)8-6-4-3-5-7-8/h4-7H,2H2,1H3. The minimum atomic E-state index is 0.779. The van der Waals surface area contributed by atoms with E-state index >= 15 is 0 Å². The van der Waals surface area contributed by atoms with E-state index in [1.54, 1.807) is 4.68 Å². The Morgan fingerprint density at radius 2 is 2.15 bits per heavy atom. The number of nitrogens with zero attached hydrogens (tertiary/aromatic N) is 4. The molecule has 1 aromatic heterocycles. The summed E-state index contributed by atoms with van der Waals surface area (Å²) in [6, 6.07) is 10.5. The van der Waals surface area contributed by atoms with Crippen LogP contribution in [-0.4, -0.2) is 20.2 Å². The van der Waals surface area contributed by atoms with Crippen molar-refractivity contribution < 1.29 is 0 Å². The molecule has 0 saturated heterocycles. The Bertz CT molecular complexity index is 380. The lowest BCUT2D eigenvalue weighted by atomic mass is 10.2. The maximum absolute atomic E-state index is 3.95. The normalized spacial score (nSPS) is 10.2. The van der Waals surface area contributed by atoms with Gasteiger partial charge >= 0.3 is 0 Å². The first kappa shape index (κ1) is 7.91. The summed E-state index contributed by atoms with van der Waals surface area (Å²) in [6.07, 6.45) is 0. The quantitative estimate of drug-likeness (QED) is 0.684. The van der Waals surface area contributed by atoms with Gasteiger partial charge in [-0.3, -0.25) is 0 Å². The summed E-state index contributed by atoms with van der Waals surface area (Å²) >= 11 is 0. The fourth-order valence-corrected chi connectivity index (χ4v) is 1.16. The molecular weight excluding hydrogens is 164 g/mol. The van der Waals surface area contributed by atoms with Gasteiger partial charge < -0.3 is 0 Å². The van der Waals surface area contributed by atoms with E-state index < -0.39 is 0 Å². The maximum atomic E-state index is 3.95. The molecule has 1 aromatic carbocycles. The molecule has 2 rings (SSSR count). The van der Waals surface area contributed by atoms with Crippen LogP contribution in [0.25, 0.3) is 11.4 Å². The SMILES string of the molecule is CCn1nnnc1-c1cc[c]cc1. The summed E-state index contributed by atoms with van der Waals surface area (Å²) in [5.74, 6) is 0.802. The smallest absolute Gasteiger partial charge is 0.181 e. The van der Waals surface area contributed by atoms with Crippen LogP contribution in [0.2, 0.25) is 0 Å². The maximum Gasteiger partial charge on any atom is 0.181 e. The second-order valence-electron chi connectivity index (χ2n) is 2.61. The molecule has 1 heterocycles. The zero-order valence-electron chi connectivity index (χ0n) is 7.31. The summed E-state index contributed by atoms with van der Waals surface area (Å²) in [5, 5.41) is 11.4. The van der Waals surface area contributed by atoms with Crippen LogP contribution in [0.15, 0.2) is 24.3 Å². The number of rotatable bonds is 2. The Hall–Kier alpha value is -1.71. The van der Waals surface area contributed by atoms with Crippen molar-refractivity contribution >= 4 is 0 Å². The number of hydrogen-bond donors (Lipinski definition) is 0. The van der Waals surface area contributed by atoms with Gasteiger partial charge in [0, 0.05) is 12.1 Å². The third kappa shape index (κ3) is 1.42. The first-order chi connectivity index (χ1) is 6.42. The van der Waals surface area contributed by atoms with E-state index in [2.05, 4.69) is 21.6 Å². The Labute approximate surface area is 76.2 Å². The van der Waals surface area contributed by atoms with Crippen LogP contribution in [0, 0.1) is 6.07 Å². The van der Waals surface area contributed by atoms with Crippen LogP contribution in [0.1, 0.15) is 6.92 Å². The average molecular weight is 173 g/mol. The Morgan fingerprint density at radius 3 is 2.85 bits per heavy atom. The van der Waals surface area contributed by atoms with Gasteiger partial charge in [0.1, 0.15) is 0 Å². The summed E-state index contributed by atoms with van der Waals surface area (Å²) < 4.78 is 1.76. The zero-order valence-corrected chi connectivity index (χ0v) is 7.31. The first-order valence-electron chi connectivity index (χ1n) is 4.14. The van der Waals surface area contributed by atoms with Crippen LogP contribution in [0.3, 0.4) is 0 Å². The van der Waals surface area contributed by atoms with Crippen molar-refractivity contribution in [3.63, 3.8) is 0 Å². The van der Waals surface area contributed by atoms with Crippen molar-refractivity contribution in [3.8, 4) is 11.4 Å². The molecule has 4 nitrogen and oxygen atoms in total. The summed E-state index contributed by atoms with van der Waals surface area (Å²) in [5.41, 5.74) is 1.02. The van der Waals surface area contributed by atoms with Crippen molar-refractivity contribution in [1.82, 2.24) is 20.2 Å². The van der Waals surface area contributed by atoms with E-state index in [1.165, 1.54) is 0 Å². The van der Waals surface area contributed by atoms with Crippen LogP contribution in [-0.2, 0) is 6.54 Å². The van der Waals surface area contributed by atoms with Crippen LogP contribution >= 0.6 is 0 Å². The molecule has 1 radical (unpaired) electrons. The van der Waals surface area contributed by atoms with Crippen molar-refractivity contribution in [2.75, 3.05) is 0 Å². The molecule has 0 saturated carbocycles. The number of aromatic nitrogens is 4. The van der Waals surface area contributed by atoms with E-state index in [9.17, 15) is 0 Å². The van der Waals surface area contributed by atoms with Gasteiger partial charge in [0.2, 0.25) is 0 Å². The molecular formula is C9H9N4. The molecule has 0 unspecified atom stereocenters. The molecule has 65 valence electrons. The predicted octanol–water partition coefficient (Wildman–Crippen LogP) is 1.16. The molecule has 0 fully saturated rings. The number of hydrogen-bond acceptors (Lipinski definition) is 3. The third-order valence-corrected chi connectivity index (χ3v) is 1.81. The number of tetrazole rings is 1. The minimum absolute atomic E-state index is 0.779. The Kier molecular flexibility index (Phi) is 2.04. The predicted molar refractivity (Wildman–Crippen MR) is 47.8 cm³/mol. The van der Waals surface area contributed by atoms with Gasteiger partial charge in [-0.05, 0) is 23.4 Å². The number of benzene rings is 1. The van der Waals surface area contributed by atoms with Gasteiger partial charge in [-0.25, -0.2) is 4.68 Å². The van der Waals surface area contributed by atoms with Gasteiger partial charge in [0.15, 0.2) is 5.82 Å². The molecule has 0 bridgehead atoms. The van der Waals surface area contributed by atoms with E-state index in [1.807, 2.05) is 31.2 Å². The largest absolute Gasteiger partial charge is 0.226 e. The monoisotopic (exact) mass is 173 g/mol. The van der Waals surface area contributed by atoms with E-state index in [0.29, 0.717) is 0 Å². The highest BCUT2D eigenvalue weighted by Gasteiger charge is 2.05. The second-order valence-corrected chi connectivity index (χ2v) is 2.61. The molecule has 0 aliphatic carbocycles. The molecule has 0 atom stereocenters. The molecule has 0 N–H and O–H groups in total. The van der Waals surface area contributed by atoms with Crippen molar-refractivity contribution in [1.29, 1.82) is 0 Å². The van der Waals surface area contributed by atoms with Gasteiger partial charge in [-0.15, -0.1) is 5.10 Å². The Morgan fingerprint density at radius 1 is 1.38 bits per heavy atom. The topological polar surface area (TPSA) is 43.6 Å². The second kappa shape index (κ2) is 3.35. The van der Waals surface area contributed by atoms with Crippen LogP contribution in [0.4, 0.5) is 0 Å². The van der Waals surface area contributed by atoms with Gasteiger partial charge in [-0.1, -0.05) is 24.3 Å². The number of aryl methyl sites for hydroxylation is 1. The molecule has 0 aliphatic heterocycles. The molecule has 0 aliphatic rings. The van der Waals surface area contributed by atoms with Crippen LogP contribution < -0.4 is 0 Å². The molecule has 2 aromatic rings. The fraction of sp³-hybridized carbons (Fsp3) is 0.222. The highest BCUT2D eigenvalue weighted by atomic mass is 15.5. The average Bonchev–Trinajstić information content (AvgIpc) is 2.67. The highest BCUT2D eigenvalue weighted by molar-refractivity contribution is 5.53. The lowest BCUT2D eigenvalue weighted by molar-refractivity contribution is 0.631. The zero-order chi connectivity index (χ0) is 9.10. The van der Waals surface area contributed by atoms with Crippen molar-refractivity contribution in [2.24, 2.45) is 0 Å². The fourth-order valence-electron chi connectivity index (χ4n) is 1.16. The highest BCUT2D eigenvalue weighted by Crippen LogP contribution is 2.13. The van der Waals surface area contributed by atoms with E-state index in [-0.39, 0.29) is 0 Å². The Balaban J connectivity index is 2.47. The summed E-state index contributed by atoms with van der Waals surface area (Å²) in [7, 11) is 0. The lowest BCUT2D eigenvalue weighted by Gasteiger charge is -1.99. The van der Waals surface area contributed by atoms with E-state index in [4.69, 9.17) is 0 Å². The molecule has 0 amide bonds. The van der Waals surface area contributed by atoms with Crippen molar-refractivity contribution in [3.05, 3.63) is 30.3 Å². The minimum Gasteiger partial charge on any atom is -0.226 e. The first-order valence-corrected chi connectivity index (χ1v) is 4.14. The summed E-state index contributed by atoms with van der Waals surface area (Å²) in [4.78, 5) is 0. The van der Waals surface area contributed by atoms with Gasteiger partial charge in [0.25, 0.3) is 0 Å².